The molecule has 1 aromatic rings. The fourth-order valence-corrected chi connectivity index (χ4v) is 1.86. The summed E-state index contributed by atoms with van der Waals surface area (Å²) in [4.78, 5) is -0.317. The van der Waals surface area contributed by atoms with Gasteiger partial charge in [-0.15, -0.1) is 11.8 Å². The number of rotatable bonds is 2. The highest BCUT2D eigenvalue weighted by Gasteiger charge is 2.34. The van der Waals surface area contributed by atoms with E-state index in [1.807, 2.05) is 0 Å². The van der Waals surface area contributed by atoms with Gasteiger partial charge in [-0.3, -0.25) is 0 Å². The fourth-order valence-electron chi connectivity index (χ4n) is 1.02. The van der Waals surface area contributed by atoms with Crippen LogP contribution in [-0.4, -0.2) is 5.75 Å². The van der Waals surface area contributed by atoms with Crippen molar-refractivity contribution in [3.63, 3.8) is 0 Å². The summed E-state index contributed by atoms with van der Waals surface area (Å²) in [6, 6.07) is 2.99. The topological polar surface area (TPSA) is 0 Å². The molecule has 0 aliphatic carbocycles. The van der Waals surface area contributed by atoms with Crippen LogP contribution in [0.1, 0.15) is 12.5 Å². The molecule has 0 spiro atoms. The zero-order valence-electron chi connectivity index (χ0n) is 7.36. The molecule has 78 valence electrons. The van der Waals surface area contributed by atoms with Gasteiger partial charge >= 0.3 is 6.18 Å². The minimum atomic E-state index is -4.49. The van der Waals surface area contributed by atoms with Gasteiger partial charge in [-0.1, -0.05) is 13.0 Å². The lowest BCUT2D eigenvalue weighted by Gasteiger charge is -2.11. The molecule has 0 radical (unpaired) electrons. The molecule has 0 fully saturated rings. The van der Waals surface area contributed by atoms with Crippen molar-refractivity contribution in [1.82, 2.24) is 0 Å². The molecule has 0 N–H and O–H groups in total. The van der Waals surface area contributed by atoms with E-state index in [1.165, 1.54) is 0 Å². The van der Waals surface area contributed by atoms with Crippen LogP contribution in [0, 0.1) is 5.82 Å². The summed E-state index contributed by atoms with van der Waals surface area (Å²) in [7, 11) is 0. The Morgan fingerprint density at radius 3 is 2.43 bits per heavy atom. The highest BCUT2D eigenvalue weighted by molar-refractivity contribution is 7.99. The van der Waals surface area contributed by atoms with Crippen LogP contribution >= 0.6 is 11.8 Å². The van der Waals surface area contributed by atoms with E-state index in [0.717, 1.165) is 30.0 Å². The molecule has 0 saturated carbocycles. The molecule has 0 amide bonds. The third kappa shape index (κ3) is 2.41. The number of thioether (sulfide) groups is 1. The van der Waals surface area contributed by atoms with E-state index in [1.54, 1.807) is 6.92 Å². The molecule has 0 heterocycles. The summed E-state index contributed by atoms with van der Waals surface area (Å²) in [5.41, 5.74) is -0.899. The summed E-state index contributed by atoms with van der Waals surface area (Å²) in [5.74, 6) is -0.407. The van der Waals surface area contributed by atoms with Crippen LogP contribution in [0.5, 0.6) is 0 Å². The van der Waals surface area contributed by atoms with Gasteiger partial charge in [-0.05, 0) is 17.9 Å². The van der Waals surface area contributed by atoms with E-state index < -0.39 is 17.6 Å². The quantitative estimate of drug-likeness (QED) is 0.541. The smallest absolute Gasteiger partial charge is 0.206 e. The minimum Gasteiger partial charge on any atom is -0.206 e. The molecule has 0 saturated heterocycles. The molecule has 0 aliphatic heterocycles. The second-order valence-electron chi connectivity index (χ2n) is 2.55. The molecule has 0 aliphatic rings. The van der Waals surface area contributed by atoms with Crippen molar-refractivity contribution < 1.29 is 17.6 Å². The molecule has 0 nitrogen and oxygen atoms in total. The highest BCUT2D eigenvalue weighted by Crippen LogP contribution is 2.37. The molecule has 14 heavy (non-hydrogen) atoms. The maximum atomic E-state index is 13.0. The molecule has 0 aromatic heterocycles. The van der Waals surface area contributed by atoms with Crippen molar-refractivity contribution >= 4 is 11.8 Å². The monoisotopic (exact) mass is 224 g/mol. The summed E-state index contributed by atoms with van der Waals surface area (Å²) >= 11 is 0.860. The molecule has 0 bridgehead atoms. The average Bonchev–Trinajstić information content (AvgIpc) is 2.07. The predicted molar refractivity (Wildman–Crippen MR) is 47.8 cm³/mol. The van der Waals surface area contributed by atoms with Gasteiger partial charge in [-0.2, -0.15) is 13.2 Å². The Morgan fingerprint density at radius 1 is 1.29 bits per heavy atom. The van der Waals surface area contributed by atoms with Gasteiger partial charge in [0.15, 0.2) is 0 Å². The second-order valence-corrected chi connectivity index (χ2v) is 3.82. The van der Waals surface area contributed by atoms with E-state index in [0.29, 0.717) is 5.75 Å². The molecular weight excluding hydrogens is 216 g/mol. The van der Waals surface area contributed by atoms with Crippen LogP contribution in [0.2, 0.25) is 0 Å². The minimum absolute atomic E-state index is 0.317. The van der Waals surface area contributed by atoms with E-state index in [9.17, 15) is 17.6 Å². The maximum absolute atomic E-state index is 13.0. The Balaban J connectivity index is 3.21. The molecule has 1 rings (SSSR count). The van der Waals surface area contributed by atoms with Crippen molar-refractivity contribution in [2.75, 3.05) is 5.75 Å². The van der Waals surface area contributed by atoms with Crippen molar-refractivity contribution in [2.24, 2.45) is 0 Å². The first kappa shape index (κ1) is 11.4. The van der Waals surface area contributed by atoms with Gasteiger partial charge in [0, 0.05) is 0 Å². The number of hydrogen-bond donors (Lipinski definition) is 0. The average molecular weight is 224 g/mol. The Labute approximate surface area is 83.3 Å². The Kier molecular flexibility index (Phi) is 3.42. The van der Waals surface area contributed by atoms with E-state index in [2.05, 4.69) is 0 Å². The molecule has 0 unspecified atom stereocenters. The lowest BCUT2D eigenvalue weighted by molar-refractivity contribution is -0.140. The summed E-state index contributed by atoms with van der Waals surface area (Å²) in [6.07, 6.45) is -4.49. The Morgan fingerprint density at radius 2 is 1.93 bits per heavy atom. The fraction of sp³-hybridized carbons (Fsp3) is 0.333. The lowest BCUT2D eigenvalue weighted by atomic mass is 10.2. The van der Waals surface area contributed by atoms with Crippen LogP contribution in [0.3, 0.4) is 0 Å². The summed E-state index contributed by atoms with van der Waals surface area (Å²) in [6.45, 7) is 1.68. The molecule has 1 aromatic carbocycles. The molecular formula is C9H8F4S. The van der Waals surface area contributed by atoms with Crippen LogP contribution < -0.4 is 0 Å². The van der Waals surface area contributed by atoms with Gasteiger partial charge in [0.25, 0.3) is 0 Å². The zero-order valence-corrected chi connectivity index (χ0v) is 8.18. The SMILES string of the molecule is CCSc1c(F)cccc1C(F)(F)F. The second kappa shape index (κ2) is 4.21. The Hall–Kier alpha value is -0.710. The maximum Gasteiger partial charge on any atom is 0.417 e. The predicted octanol–water partition coefficient (Wildman–Crippen LogP) is 3.96. The summed E-state index contributed by atoms with van der Waals surface area (Å²) < 4.78 is 50.2. The van der Waals surface area contributed by atoms with E-state index >= 15 is 0 Å². The van der Waals surface area contributed by atoms with Crippen molar-refractivity contribution in [3.8, 4) is 0 Å². The van der Waals surface area contributed by atoms with E-state index in [4.69, 9.17) is 0 Å². The molecule has 5 heteroatoms. The first-order valence-corrected chi connectivity index (χ1v) is 4.94. The van der Waals surface area contributed by atoms with Crippen molar-refractivity contribution in [3.05, 3.63) is 29.6 Å². The highest BCUT2D eigenvalue weighted by atomic mass is 32.2. The van der Waals surface area contributed by atoms with Crippen LogP contribution in [-0.2, 0) is 6.18 Å². The Bertz CT molecular complexity index is 319. The van der Waals surface area contributed by atoms with Crippen LogP contribution in [0.4, 0.5) is 17.6 Å². The summed E-state index contributed by atoms with van der Waals surface area (Å²) in [5, 5.41) is 0. The van der Waals surface area contributed by atoms with Gasteiger partial charge in [0.2, 0.25) is 0 Å². The lowest BCUT2D eigenvalue weighted by Crippen LogP contribution is -2.07. The largest absolute Gasteiger partial charge is 0.417 e. The van der Waals surface area contributed by atoms with Crippen molar-refractivity contribution in [1.29, 1.82) is 0 Å². The number of benzene rings is 1. The van der Waals surface area contributed by atoms with Gasteiger partial charge in [0.05, 0.1) is 10.5 Å². The van der Waals surface area contributed by atoms with Crippen molar-refractivity contribution in [2.45, 2.75) is 18.0 Å². The first-order chi connectivity index (χ1) is 6.46. The third-order valence-electron chi connectivity index (χ3n) is 1.56. The van der Waals surface area contributed by atoms with Crippen LogP contribution in [0.25, 0.3) is 0 Å². The van der Waals surface area contributed by atoms with Gasteiger partial charge in [0.1, 0.15) is 5.82 Å². The normalized spacial score (nSPS) is 11.8. The van der Waals surface area contributed by atoms with E-state index in [-0.39, 0.29) is 4.90 Å². The number of halogens is 4. The van der Waals surface area contributed by atoms with Gasteiger partial charge < -0.3 is 0 Å². The standard InChI is InChI=1S/C9H8F4S/c1-2-14-8-6(9(11,12)13)4-3-5-7(8)10/h3-5H,2H2,1H3. The molecule has 0 atom stereocenters. The third-order valence-corrected chi connectivity index (χ3v) is 2.55. The van der Waals surface area contributed by atoms with Crippen LogP contribution in [0.15, 0.2) is 23.1 Å². The first-order valence-electron chi connectivity index (χ1n) is 3.95. The number of hydrogen-bond acceptors (Lipinski definition) is 1. The number of alkyl halides is 3. The van der Waals surface area contributed by atoms with Gasteiger partial charge in [-0.25, -0.2) is 4.39 Å². The zero-order chi connectivity index (χ0) is 10.8.